The molecule has 3 nitrogen and oxygen atoms in total. The van der Waals surface area contributed by atoms with Gasteiger partial charge in [0.05, 0.1) is 0 Å². The minimum absolute atomic E-state index is 0.432. The van der Waals surface area contributed by atoms with Crippen LogP contribution in [-0.2, 0) is 0 Å². The van der Waals surface area contributed by atoms with Gasteiger partial charge in [-0.1, -0.05) is 6.07 Å². The fourth-order valence-electron chi connectivity index (χ4n) is 1.79. The third-order valence-electron chi connectivity index (χ3n) is 2.92. The average molecular weight is 215 g/mol. The summed E-state index contributed by atoms with van der Waals surface area (Å²) in [5, 5.41) is 8.85. The predicted octanol–water partition coefficient (Wildman–Crippen LogP) is 2.58. The molecule has 1 aromatic heterocycles. The van der Waals surface area contributed by atoms with Crippen molar-refractivity contribution in [1.82, 2.24) is 4.98 Å². The van der Waals surface area contributed by atoms with E-state index in [9.17, 15) is 0 Å². The summed E-state index contributed by atoms with van der Waals surface area (Å²) in [4.78, 5) is 6.65. The first-order valence-corrected chi connectivity index (χ1v) is 5.84. The molecule has 0 saturated heterocycles. The molecule has 0 aliphatic heterocycles. The second-order valence-electron chi connectivity index (χ2n) is 4.68. The maximum atomic E-state index is 8.85. The monoisotopic (exact) mass is 215 g/mol. The summed E-state index contributed by atoms with van der Waals surface area (Å²) in [7, 11) is 0. The van der Waals surface area contributed by atoms with Crippen LogP contribution >= 0.6 is 0 Å². The van der Waals surface area contributed by atoms with E-state index in [2.05, 4.69) is 29.8 Å². The number of anilines is 1. The molecule has 1 aromatic rings. The highest BCUT2D eigenvalue weighted by Gasteiger charge is 2.26. The molecule has 1 saturated carbocycles. The Hall–Kier alpha value is -1.56. The Morgan fingerprint density at radius 2 is 2.25 bits per heavy atom. The van der Waals surface area contributed by atoms with E-state index in [-0.39, 0.29) is 0 Å². The molecule has 0 N–H and O–H groups in total. The molecule has 1 aliphatic carbocycles. The van der Waals surface area contributed by atoms with E-state index in [1.807, 2.05) is 12.1 Å². The van der Waals surface area contributed by atoms with Crippen LogP contribution in [0.4, 0.5) is 5.82 Å². The van der Waals surface area contributed by atoms with Crippen LogP contribution in [0.15, 0.2) is 18.2 Å². The van der Waals surface area contributed by atoms with Crippen molar-refractivity contribution in [2.75, 3.05) is 11.4 Å². The largest absolute Gasteiger partial charge is 0.354 e. The predicted molar refractivity (Wildman–Crippen MR) is 64.2 cm³/mol. The molecular weight excluding hydrogens is 198 g/mol. The number of nitriles is 1. The Morgan fingerprint density at radius 1 is 1.50 bits per heavy atom. The molecule has 0 spiro atoms. The summed E-state index contributed by atoms with van der Waals surface area (Å²) in [6.45, 7) is 5.41. The number of aromatic nitrogens is 1. The van der Waals surface area contributed by atoms with Crippen molar-refractivity contribution in [1.29, 1.82) is 5.26 Å². The van der Waals surface area contributed by atoms with E-state index in [1.54, 1.807) is 6.07 Å². The first-order valence-electron chi connectivity index (χ1n) is 5.84. The van der Waals surface area contributed by atoms with Crippen molar-refractivity contribution < 1.29 is 0 Å². The molecule has 1 aliphatic rings. The van der Waals surface area contributed by atoms with E-state index >= 15 is 0 Å². The fourth-order valence-corrected chi connectivity index (χ4v) is 1.79. The van der Waals surface area contributed by atoms with Crippen LogP contribution in [0.1, 0.15) is 32.4 Å². The van der Waals surface area contributed by atoms with Crippen LogP contribution in [0.5, 0.6) is 0 Å². The first kappa shape index (κ1) is 10.9. The van der Waals surface area contributed by atoms with Crippen molar-refractivity contribution >= 4 is 5.82 Å². The van der Waals surface area contributed by atoms with Crippen molar-refractivity contribution in [3.8, 4) is 6.07 Å². The van der Waals surface area contributed by atoms with E-state index < -0.39 is 0 Å². The topological polar surface area (TPSA) is 39.9 Å². The molecule has 0 radical (unpaired) electrons. The number of pyridine rings is 1. The Bertz CT molecular complexity index is 402. The number of hydrogen-bond acceptors (Lipinski definition) is 3. The fraction of sp³-hybridized carbons (Fsp3) is 0.538. The lowest BCUT2D eigenvalue weighted by atomic mass is 10.2. The zero-order chi connectivity index (χ0) is 11.5. The van der Waals surface area contributed by atoms with Gasteiger partial charge in [-0.3, -0.25) is 0 Å². The van der Waals surface area contributed by atoms with Gasteiger partial charge < -0.3 is 4.90 Å². The molecule has 16 heavy (non-hydrogen) atoms. The van der Waals surface area contributed by atoms with Gasteiger partial charge in [-0.05, 0) is 44.7 Å². The Balaban J connectivity index is 2.19. The molecule has 0 bridgehead atoms. The molecule has 0 atom stereocenters. The van der Waals surface area contributed by atoms with Gasteiger partial charge in [-0.15, -0.1) is 0 Å². The summed E-state index contributed by atoms with van der Waals surface area (Å²) in [6, 6.07) is 8.17. The van der Waals surface area contributed by atoms with Crippen molar-refractivity contribution in [2.45, 2.75) is 32.7 Å². The molecular formula is C13H17N3. The van der Waals surface area contributed by atoms with Crippen LogP contribution < -0.4 is 4.90 Å². The minimum atomic E-state index is 0.432. The van der Waals surface area contributed by atoms with Crippen LogP contribution in [0, 0.1) is 17.2 Å². The van der Waals surface area contributed by atoms with Crippen LogP contribution in [-0.4, -0.2) is 17.6 Å². The molecule has 0 unspecified atom stereocenters. The molecule has 1 fully saturated rings. The maximum absolute atomic E-state index is 8.85. The first-order chi connectivity index (χ1) is 7.70. The minimum Gasteiger partial charge on any atom is -0.354 e. The molecule has 0 amide bonds. The standard InChI is InChI=1S/C13H17N3/c1-10(2)16(9-11-6-7-11)13-5-3-4-12(8-14)15-13/h3-5,10-11H,6-7,9H2,1-2H3. The third kappa shape index (κ3) is 2.52. The summed E-state index contributed by atoms with van der Waals surface area (Å²) < 4.78 is 0. The van der Waals surface area contributed by atoms with Crippen LogP contribution in [0.2, 0.25) is 0 Å². The van der Waals surface area contributed by atoms with Gasteiger partial charge in [0.25, 0.3) is 0 Å². The zero-order valence-corrected chi connectivity index (χ0v) is 9.85. The summed E-state index contributed by atoms with van der Waals surface area (Å²) in [5.41, 5.74) is 0.499. The number of rotatable bonds is 4. The molecule has 84 valence electrons. The van der Waals surface area contributed by atoms with Gasteiger partial charge in [0, 0.05) is 12.6 Å². The van der Waals surface area contributed by atoms with Crippen LogP contribution in [0.3, 0.4) is 0 Å². The average Bonchev–Trinajstić information content (AvgIpc) is 3.09. The van der Waals surface area contributed by atoms with E-state index in [4.69, 9.17) is 5.26 Å². The van der Waals surface area contributed by atoms with Gasteiger partial charge in [0.2, 0.25) is 0 Å². The summed E-state index contributed by atoms with van der Waals surface area (Å²) in [5.74, 6) is 1.76. The van der Waals surface area contributed by atoms with Gasteiger partial charge in [0.1, 0.15) is 17.6 Å². The zero-order valence-electron chi connectivity index (χ0n) is 9.85. The highest BCUT2D eigenvalue weighted by atomic mass is 15.2. The summed E-state index contributed by atoms with van der Waals surface area (Å²) in [6.07, 6.45) is 2.67. The van der Waals surface area contributed by atoms with Crippen molar-refractivity contribution in [3.63, 3.8) is 0 Å². The molecule has 2 rings (SSSR count). The molecule has 1 heterocycles. The van der Waals surface area contributed by atoms with Crippen LogP contribution in [0.25, 0.3) is 0 Å². The second kappa shape index (κ2) is 4.52. The van der Waals surface area contributed by atoms with Crippen molar-refractivity contribution in [2.24, 2.45) is 5.92 Å². The lowest BCUT2D eigenvalue weighted by Gasteiger charge is -2.27. The number of hydrogen-bond donors (Lipinski definition) is 0. The van der Waals surface area contributed by atoms with E-state index in [0.717, 1.165) is 18.3 Å². The Labute approximate surface area is 96.7 Å². The smallest absolute Gasteiger partial charge is 0.142 e. The van der Waals surface area contributed by atoms with Gasteiger partial charge >= 0.3 is 0 Å². The SMILES string of the molecule is CC(C)N(CC1CC1)c1cccc(C#N)n1. The molecule has 3 heteroatoms. The quantitative estimate of drug-likeness (QED) is 0.775. The lowest BCUT2D eigenvalue weighted by Crippen LogP contribution is -2.33. The van der Waals surface area contributed by atoms with E-state index in [1.165, 1.54) is 12.8 Å². The highest BCUT2D eigenvalue weighted by Crippen LogP contribution is 2.31. The van der Waals surface area contributed by atoms with Gasteiger partial charge in [-0.2, -0.15) is 5.26 Å². The second-order valence-corrected chi connectivity index (χ2v) is 4.68. The summed E-state index contributed by atoms with van der Waals surface area (Å²) >= 11 is 0. The third-order valence-corrected chi connectivity index (χ3v) is 2.92. The lowest BCUT2D eigenvalue weighted by molar-refractivity contribution is 0.636. The normalized spacial score (nSPS) is 14.9. The van der Waals surface area contributed by atoms with Gasteiger partial charge in [0.15, 0.2) is 0 Å². The van der Waals surface area contributed by atoms with Crippen molar-refractivity contribution in [3.05, 3.63) is 23.9 Å². The molecule has 0 aromatic carbocycles. The number of nitrogens with zero attached hydrogens (tertiary/aromatic N) is 3. The van der Waals surface area contributed by atoms with E-state index in [0.29, 0.717) is 11.7 Å². The Kier molecular flexibility index (Phi) is 3.09. The maximum Gasteiger partial charge on any atom is 0.142 e. The van der Waals surface area contributed by atoms with Gasteiger partial charge in [-0.25, -0.2) is 4.98 Å². The highest BCUT2D eigenvalue weighted by molar-refractivity contribution is 5.42. The Morgan fingerprint density at radius 3 is 2.81 bits per heavy atom.